The van der Waals surface area contributed by atoms with Crippen molar-refractivity contribution in [2.45, 2.75) is 39.4 Å². The number of halogens is 3. The molecule has 0 unspecified atom stereocenters. The zero-order valence-electron chi connectivity index (χ0n) is 15.8. The first-order chi connectivity index (χ1) is 13.6. The van der Waals surface area contributed by atoms with Crippen LogP contribution in [0.4, 0.5) is 19.0 Å². The van der Waals surface area contributed by atoms with Crippen molar-refractivity contribution in [3.05, 3.63) is 52.0 Å². The van der Waals surface area contributed by atoms with Crippen LogP contribution in [0.2, 0.25) is 0 Å². The average Bonchev–Trinajstić information content (AvgIpc) is 2.64. The molecule has 0 saturated heterocycles. The molecular formula is C18H17F3N6O2. The van der Waals surface area contributed by atoms with Crippen LogP contribution in [0.1, 0.15) is 36.7 Å². The maximum absolute atomic E-state index is 13.0. The quantitative estimate of drug-likeness (QED) is 0.715. The molecule has 0 aliphatic carbocycles. The zero-order valence-corrected chi connectivity index (χ0v) is 15.8. The zero-order chi connectivity index (χ0) is 21.3. The third-order valence-corrected chi connectivity index (χ3v) is 4.11. The van der Waals surface area contributed by atoms with Gasteiger partial charge in [0.15, 0.2) is 0 Å². The van der Waals surface area contributed by atoms with Crippen LogP contribution in [0.25, 0.3) is 10.9 Å². The molecule has 0 aromatic carbocycles. The first-order valence-electron chi connectivity index (χ1n) is 8.63. The van der Waals surface area contributed by atoms with Crippen LogP contribution in [0, 0.1) is 6.92 Å². The van der Waals surface area contributed by atoms with E-state index in [4.69, 9.17) is 0 Å². The van der Waals surface area contributed by atoms with Crippen molar-refractivity contribution < 1.29 is 18.0 Å². The number of aryl methyl sites for hydroxylation is 1. The number of aromatic nitrogens is 5. The maximum atomic E-state index is 13.0. The molecule has 29 heavy (non-hydrogen) atoms. The number of carbonyl (C=O) groups is 1. The van der Waals surface area contributed by atoms with E-state index in [1.165, 1.54) is 12.5 Å². The summed E-state index contributed by atoms with van der Waals surface area (Å²) in [5, 5.41) is 6.63. The smallest absolute Gasteiger partial charge is 0.309 e. The van der Waals surface area contributed by atoms with Gasteiger partial charge in [0.05, 0.1) is 11.1 Å². The summed E-state index contributed by atoms with van der Waals surface area (Å²) in [6.45, 7) is 4.70. The fourth-order valence-corrected chi connectivity index (χ4v) is 2.68. The highest BCUT2D eigenvalue weighted by atomic mass is 19.4. The van der Waals surface area contributed by atoms with Crippen LogP contribution >= 0.6 is 0 Å². The molecule has 0 aliphatic rings. The Morgan fingerprint density at radius 2 is 2.00 bits per heavy atom. The van der Waals surface area contributed by atoms with Gasteiger partial charge < -0.3 is 5.32 Å². The van der Waals surface area contributed by atoms with Crippen molar-refractivity contribution >= 4 is 22.6 Å². The highest BCUT2D eigenvalue weighted by molar-refractivity contribution is 5.90. The van der Waals surface area contributed by atoms with Crippen LogP contribution in [-0.2, 0) is 17.5 Å². The Labute approximate surface area is 162 Å². The van der Waals surface area contributed by atoms with Gasteiger partial charge in [-0.1, -0.05) is 13.8 Å². The second-order valence-corrected chi connectivity index (χ2v) is 6.70. The lowest BCUT2D eigenvalue weighted by molar-refractivity contribution is -0.141. The monoisotopic (exact) mass is 406 g/mol. The second-order valence-electron chi connectivity index (χ2n) is 6.70. The van der Waals surface area contributed by atoms with Crippen molar-refractivity contribution in [3.8, 4) is 0 Å². The lowest BCUT2D eigenvalue weighted by atomic mass is 10.1. The van der Waals surface area contributed by atoms with Crippen LogP contribution in [-0.4, -0.2) is 30.6 Å². The second kappa shape index (κ2) is 7.57. The van der Waals surface area contributed by atoms with E-state index in [1.807, 2.05) is 0 Å². The molecule has 0 atom stereocenters. The molecule has 0 spiro atoms. The third kappa shape index (κ3) is 4.23. The largest absolute Gasteiger partial charge is 0.433 e. The van der Waals surface area contributed by atoms with E-state index in [9.17, 15) is 22.8 Å². The molecule has 1 N–H and O–H groups in total. The molecule has 1 amide bonds. The number of fused-ring (bicyclic) bond motifs is 1. The molecule has 3 heterocycles. The Kier molecular flexibility index (Phi) is 5.31. The number of anilines is 1. The molecule has 0 aliphatic heterocycles. The summed E-state index contributed by atoms with van der Waals surface area (Å²) in [4.78, 5) is 36.4. The third-order valence-electron chi connectivity index (χ3n) is 4.11. The van der Waals surface area contributed by atoms with E-state index in [0.717, 1.165) is 16.8 Å². The summed E-state index contributed by atoms with van der Waals surface area (Å²) in [5.41, 5.74) is -1.12. The highest BCUT2D eigenvalue weighted by Gasteiger charge is 2.33. The Morgan fingerprint density at radius 3 is 2.62 bits per heavy atom. The summed E-state index contributed by atoms with van der Waals surface area (Å²) < 4.78 is 39.9. The lowest BCUT2D eigenvalue weighted by Gasteiger charge is -2.14. The number of carbonyl (C=O) groups excluding carboxylic acids is 1. The standard InChI is InChI=1S/C18H17F3N6O2/c1-9(2)14-15-11(4-5-12(24-15)18(19,20)21)17(29)27(26-14)7-13(28)25-16-10(3)6-22-8-23-16/h4-6,8-9H,7H2,1-3H3,(H,22,23,25,28). The number of pyridine rings is 1. The Balaban J connectivity index is 2.03. The summed E-state index contributed by atoms with van der Waals surface area (Å²) in [7, 11) is 0. The van der Waals surface area contributed by atoms with Crippen LogP contribution in [0.5, 0.6) is 0 Å². The molecular weight excluding hydrogens is 389 g/mol. The summed E-state index contributed by atoms with van der Waals surface area (Å²) in [6.07, 6.45) is -1.86. The number of alkyl halides is 3. The molecule has 152 valence electrons. The lowest BCUT2D eigenvalue weighted by Crippen LogP contribution is -2.31. The van der Waals surface area contributed by atoms with Gasteiger partial charge in [0.1, 0.15) is 29.9 Å². The van der Waals surface area contributed by atoms with E-state index in [2.05, 4.69) is 25.4 Å². The molecule has 3 rings (SSSR count). The minimum Gasteiger partial charge on any atom is -0.309 e. The number of amides is 1. The van der Waals surface area contributed by atoms with Crippen molar-refractivity contribution in [2.24, 2.45) is 0 Å². The fraction of sp³-hybridized carbons (Fsp3) is 0.333. The van der Waals surface area contributed by atoms with E-state index < -0.39 is 29.9 Å². The van der Waals surface area contributed by atoms with Crippen molar-refractivity contribution in [1.29, 1.82) is 0 Å². The Morgan fingerprint density at radius 1 is 1.28 bits per heavy atom. The van der Waals surface area contributed by atoms with E-state index in [1.54, 1.807) is 20.8 Å². The predicted octanol–water partition coefficient (Wildman–Crippen LogP) is 2.67. The van der Waals surface area contributed by atoms with Crippen LogP contribution in [0.15, 0.2) is 29.5 Å². The fourth-order valence-electron chi connectivity index (χ4n) is 2.68. The molecule has 0 saturated carbocycles. The molecule has 11 heteroatoms. The first-order valence-corrected chi connectivity index (χ1v) is 8.63. The van der Waals surface area contributed by atoms with Gasteiger partial charge in [-0.05, 0) is 25.0 Å². The SMILES string of the molecule is Cc1cncnc1NC(=O)Cn1nc(C(C)C)c2nc(C(F)(F)F)ccc2c1=O. The molecule has 0 bridgehead atoms. The summed E-state index contributed by atoms with van der Waals surface area (Å²) in [5.74, 6) is -0.595. The van der Waals surface area contributed by atoms with Gasteiger partial charge >= 0.3 is 6.18 Å². The highest BCUT2D eigenvalue weighted by Crippen LogP contribution is 2.29. The number of nitrogens with zero attached hydrogens (tertiary/aromatic N) is 5. The molecule has 0 fully saturated rings. The van der Waals surface area contributed by atoms with Gasteiger partial charge in [-0.2, -0.15) is 18.3 Å². The molecule has 3 aromatic heterocycles. The minimum atomic E-state index is -4.65. The minimum absolute atomic E-state index is 0.0392. The molecule has 3 aromatic rings. The van der Waals surface area contributed by atoms with Gasteiger partial charge in [-0.25, -0.2) is 19.6 Å². The summed E-state index contributed by atoms with van der Waals surface area (Å²) >= 11 is 0. The van der Waals surface area contributed by atoms with Crippen molar-refractivity contribution in [1.82, 2.24) is 24.7 Å². The van der Waals surface area contributed by atoms with Gasteiger partial charge in [0.2, 0.25) is 5.91 Å². The van der Waals surface area contributed by atoms with E-state index in [0.29, 0.717) is 11.4 Å². The van der Waals surface area contributed by atoms with Crippen LogP contribution < -0.4 is 10.9 Å². The van der Waals surface area contributed by atoms with Crippen LogP contribution in [0.3, 0.4) is 0 Å². The van der Waals surface area contributed by atoms with E-state index in [-0.39, 0.29) is 22.5 Å². The number of hydrogen-bond acceptors (Lipinski definition) is 6. The number of rotatable bonds is 4. The summed E-state index contributed by atoms with van der Waals surface area (Å²) in [6, 6.07) is 1.80. The molecule has 0 radical (unpaired) electrons. The van der Waals surface area contributed by atoms with Crippen molar-refractivity contribution in [2.75, 3.05) is 5.32 Å². The Hall–Kier alpha value is -3.37. The Bertz CT molecular complexity index is 1140. The van der Waals surface area contributed by atoms with Gasteiger partial charge in [0.25, 0.3) is 5.56 Å². The van der Waals surface area contributed by atoms with Gasteiger partial charge in [0, 0.05) is 11.8 Å². The van der Waals surface area contributed by atoms with Crippen molar-refractivity contribution in [3.63, 3.8) is 0 Å². The van der Waals surface area contributed by atoms with Gasteiger partial charge in [-0.15, -0.1) is 0 Å². The van der Waals surface area contributed by atoms with E-state index >= 15 is 0 Å². The topological polar surface area (TPSA) is 103 Å². The molecule has 8 nitrogen and oxygen atoms in total. The number of nitrogens with one attached hydrogen (secondary N) is 1. The predicted molar refractivity (Wildman–Crippen MR) is 98.3 cm³/mol. The van der Waals surface area contributed by atoms with Gasteiger partial charge in [-0.3, -0.25) is 9.59 Å². The average molecular weight is 406 g/mol. The number of hydrogen-bond donors (Lipinski definition) is 1. The first kappa shape index (κ1) is 20.4. The maximum Gasteiger partial charge on any atom is 0.433 e. The normalized spacial score (nSPS) is 11.8.